The highest BCUT2D eigenvalue weighted by Gasteiger charge is 2.51. The van der Waals surface area contributed by atoms with Crippen molar-refractivity contribution in [2.45, 2.75) is 344 Å². The minimum atomic E-state index is -1.79. The predicted molar refractivity (Wildman–Crippen MR) is 305 cm³/mol. The Balaban J connectivity index is 1.74. The van der Waals surface area contributed by atoms with Crippen molar-refractivity contribution in [2.75, 3.05) is 19.8 Å². The molecule has 2 rings (SSSR count). The van der Waals surface area contributed by atoms with Crippen LogP contribution < -0.4 is 5.32 Å². The molecule has 9 N–H and O–H groups in total. The van der Waals surface area contributed by atoms with Crippen LogP contribution in [0.15, 0.2) is 24.3 Å². The van der Waals surface area contributed by atoms with Gasteiger partial charge in [0.05, 0.1) is 32.0 Å². The number of hydrogen-bond acceptors (Lipinski definition) is 13. The Morgan fingerprint density at radius 3 is 1.25 bits per heavy atom. The summed E-state index contributed by atoms with van der Waals surface area (Å²) in [6.45, 7) is 2.83. The second kappa shape index (κ2) is 48.2. The first-order valence-electron chi connectivity index (χ1n) is 31.6. The molecule has 2 aliphatic heterocycles. The number of carbonyl (C=O) groups is 1. The summed E-state index contributed by atoms with van der Waals surface area (Å²) in [7, 11) is 0. The summed E-state index contributed by atoms with van der Waals surface area (Å²) < 4.78 is 22.8. The lowest BCUT2D eigenvalue weighted by Gasteiger charge is -2.46. The van der Waals surface area contributed by atoms with E-state index in [2.05, 4.69) is 31.3 Å². The zero-order chi connectivity index (χ0) is 55.3. The highest BCUT2D eigenvalue weighted by Crippen LogP contribution is 2.30. The summed E-state index contributed by atoms with van der Waals surface area (Å²) in [5.41, 5.74) is 0. The Hall–Kier alpha value is -1.53. The molecule has 1 amide bonds. The molecule has 0 aromatic rings. The molecule has 0 aliphatic carbocycles. The molecule has 2 saturated heterocycles. The van der Waals surface area contributed by atoms with E-state index in [1.807, 2.05) is 6.08 Å². The van der Waals surface area contributed by atoms with Crippen LogP contribution in [-0.4, -0.2) is 140 Å². The molecule has 14 nitrogen and oxygen atoms in total. The normalized spacial score (nSPS) is 25.0. The maximum Gasteiger partial charge on any atom is 0.220 e. The fraction of sp³-hybridized carbons (Fsp3) is 0.919. The minimum absolute atomic E-state index is 0.238. The summed E-state index contributed by atoms with van der Waals surface area (Å²) in [5, 5.41) is 87.2. The zero-order valence-electron chi connectivity index (χ0n) is 48.3. The largest absolute Gasteiger partial charge is 0.394 e. The Morgan fingerprint density at radius 1 is 0.461 bits per heavy atom. The molecule has 0 saturated carbocycles. The summed E-state index contributed by atoms with van der Waals surface area (Å²) >= 11 is 0. The van der Waals surface area contributed by atoms with Crippen molar-refractivity contribution in [3.05, 3.63) is 24.3 Å². The second-order valence-electron chi connectivity index (χ2n) is 22.5. The topological polar surface area (TPSA) is 228 Å². The third-order valence-corrected chi connectivity index (χ3v) is 15.6. The predicted octanol–water partition coefficient (Wildman–Crippen LogP) is 11.2. The third-order valence-electron chi connectivity index (χ3n) is 15.6. The number of unbranched alkanes of at least 4 members (excludes halogenated alkanes) is 36. The average molecular weight is 1080 g/mol. The van der Waals surface area contributed by atoms with E-state index in [-0.39, 0.29) is 18.9 Å². The number of nitrogens with one attached hydrogen (secondary N) is 1. The second-order valence-corrected chi connectivity index (χ2v) is 22.5. The molecule has 12 atom stereocenters. The third kappa shape index (κ3) is 33.3. The van der Waals surface area contributed by atoms with Gasteiger partial charge in [-0.1, -0.05) is 244 Å². The highest BCUT2D eigenvalue weighted by atomic mass is 16.7. The van der Waals surface area contributed by atoms with Gasteiger partial charge in [0, 0.05) is 6.42 Å². The number of amides is 1. The van der Waals surface area contributed by atoms with Crippen LogP contribution in [0.3, 0.4) is 0 Å². The van der Waals surface area contributed by atoms with Gasteiger partial charge in [0.2, 0.25) is 5.91 Å². The van der Waals surface area contributed by atoms with E-state index in [9.17, 15) is 45.6 Å². The number of allylic oxidation sites excluding steroid dienone is 3. The van der Waals surface area contributed by atoms with E-state index >= 15 is 0 Å². The lowest BCUT2D eigenvalue weighted by atomic mass is 9.97. The molecule has 448 valence electrons. The Bertz CT molecular complexity index is 1370. The van der Waals surface area contributed by atoms with Crippen LogP contribution in [0.4, 0.5) is 0 Å². The van der Waals surface area contributed by atoms with E-state index in [4.69, 9.17) is 18.9 Å². The molecule has 0 bridgehead atoms. The van der Waals surface area contributed by atoms with Gasteiger partial charge in [0.25, 0.3) is 0 Å². The number of carbonyl (C=O) groups excluding carboxylic acids is 1. The first-order chi connectivity index (χ1) is 37.1. The first-order valence-corrected chi connectivity index (χ1v) is 31.6. The van der Waals surface area contributed by atoms with E-state index in [0.717, 1.165) is 38.5 Å². The fourth-order valence-corrected chi connectivity index (χ4v) is 10.5. The van der Waals surface area contributed by atoms with Crippen molar-refractivity contribution in [1.29, 1.82) is 0 Å². The first kappa shape index (κ1) is 70.6. The van der Waals surface area contributed by atoms with E-state index in [1.165, 1.54) is 205 Å². The van der Waals surface area contributed by atoms with Crippen LogP contribution >= 0.6 is 0 Å². The average Bonchev–Trinajstić information content (AvgIpc) is 3.42. The Labute approximate surface area is 462 Å². The zero-order valence-corrected chi connectivity index (χ0v) is 48.3. The highest BCUT2D eigenvalue weighted by molar-refractivity contribution is 5.76. The van der Waals surface area contributed by atoms with Crippen LogP contribution in [0, 0.1) is 0 Å². The standard InChI is InChI=1S/C62H117NO13/c1-3-5-7-9-11-13-15-17-19-21-23-24-25-26-28-29-31-33-35-37-39-41-43-45-51(66)50(63-54(67)46-44-42-40-38-36-34-32-30-27-22-20-18-16-14-12-10-8-6-4-2)49-73-61-59(72)57(70)60(53(48-65)75-61)76-62-58(71)56(69)55(68)52(47-64)74-62/h18,20,43,45,50-53,55-62,64-66,68-72H,3-17,19,21-42,44,46-49H2,1-2H3,(H,63,67)/b20-18-,45-43+. The Morgan fingerprint density at radius 2 is 0.829 bits per heavy atom. The van der Waals surface area contributed by atoms with Crippen molar-refractivity contribution in [3.63, 3.8) is 0 Å². The van der Waals surface area contributed by atoms with Crippen LogP contribution in [0.5, 0.6) is 0 Å². The van der Waals surface area contributed by atoms with Crippen molar-refractivity contribution >= 4 is 5.91 Å². The number of ether oxygens (including phenoxy) is 4. The van der Waals surface area contributed by atoms with Gasteiger partial charge in [0.15, 0.2) is 12.6 Å². The van der Waals surface area contributed by atoms with Gasteiger partial charge in [-0.15, -0.1) is 0 Å². The van der Waals surface area contributed by atoms with E-state index < -0.39 is 86.8 Å². The minimum Gasteiger partial charge on any atom is -0.394 e. The van der Waals surface area contributed by atoms with Gasteiger partial charge in [-0.2, -0.15) is 0 Å². The molecular formula is C62H117NO13. The molecule has 0 aromatic carbocycles. The van der Waals surface area contributed by atoms with Crippen molar-refractivity contribution in [2.24, 2.45) is 0 Å². The number of aliphatic hydroxyl groups excluding tert-OH is 8. The lowest BCUT2D eigenvalue weighted by molar-refractivity contribution is -0.359. The summed E-state index contributed by atoms with van der Waals surface area (Å²) in [6, 6.07) is -0.914. The van der Waals surface area contributed by atoms with Crippen molar-refractivity contribution < 1.29 is 64.6 Å². The van der Waals surface area contributed by atoms with Gasteiger partial charge in [-0.3, -0.25) is 4.79 Å². The summed E-state index contributed by atoms with van der Waals surface area (Å²) in [5.74, 6) is -0.238. The molecule has 2 aliphatic rings. The van der Waals surface area contributed by atoms with E-state index in [1.54, 1.807) is 6.08 Å². The van der Waals surface area contributed by atoms with Gasteiger partial charge in [0.1, 0.15) is 48.8 Å². The van der Waals surface area contributed by atoms with Crippen LogP contribution in [-0.2, 0) is 23.7 Å². The molecule has 14 heteroatoms. The molecule has 12 unspecified atom stereocenters. The molecule has 0 aromatic heterocycles. The van der Waals surface area contributed by atoms with Crippen LogP contribution in [0.1, 0.15) is 271 Å². The SMILES string of the molecule is CCCCCCCC/C=C\CCCCCCCCCCCC(=O)NC(COC1OC(CO)C(OC2OC(CO)C(O)C(O)C2O)C(O)C1O)C(O)/C=C/CCCCCCCCCCCCCCCCCCCCCCC. The van der Waals surface area contributed by atoms with Crippen molar-refractivity contribution in [3.8, 4) is 0 Å². The molecule has 0 spiro atoms. The number of hydrogen-bond donors (Lipinski definition) is 9. The maximum absolute atomic E-state index is 13.3. The molecule has 0 radical (unpaired) electrons. The van der Waals surface area contributed by atoms with Crippen LogP contribution in [0.25, 0.3) is 0 Å². The Kier molecular flexibility index (Phi) is 44.8. The summed E-state index contributed by atoms with van der Waals surface area (Å²) in [4.78, 5) is 13.3. The van der Waals surface area contributed by atoms with Crippen LogP contribution in [0.2, 0.25) is 0 Å². The van der Waals surface area contributed by atoms with Gasteiger partial charge in [-0.25, -0.2) is 0 Å². The molecule has 2 heterocycles. The maximum atomic E-state index is 13.3. The summed E-state index contributed by atoms with van der Waals surface area (Å²) in [6.07, 6.45) is 40.7. The van der Waals surface area contributed by atoms with Gasteiger partial charge >= 0.3 is 0 Å². The molecular weight excluding hydrogens is 967 g/mol. The quantitative estimate of drug-likeness (QED) is 0.0204. The fourth-order valence-electron chi connectivity index (χ4n) is 10.5. The molecule has 76 heavy (non-hydrogen) atoms. The molecule has 2 fully saturated rings. The van der Waals surface area contributed by atoms with Gasteiger partial charge < -0.3 is 65.1 Å². The van der Waals surface area contributed by atoms with Crippen molar-refractivity contribution in [1.82, 2.24) is 5.32 Å². The van der Waals surface area contributed by atoms with E-state index in [0.29, 0.717) is 6.42 Å². The monoisotopic (exact) mass is 1080 g/mol. The smallest absolute Gasteiger partial charge is 0.220 e. The number of rotatable bonds is 51. The number of aliphatic hydroxyl groups is 8. The lowest BCUT2D eigenvalue weighted by Crippen LogP contribution is -2.65. The van der Waals surface area contributed by atoms with Gasteiger partial charge in [-0.05, 0) is 44.9 Å².